The Balaban J connectivity index is 2.04. The highest BCUT2D eigenvalue weighted by molar-refractivity contribution is 9.10. The molecule has 0 radical (unpaired) electrons. The van der Waals surface area contributed by atoms with Crippen LogP contribution in [0.25, 0.3) is 0 Å². The maximum Gasteiger partial charge on any atom is 0.0896 e. The van der Waals surface area contributed by atoms with Crippen LogP contribution < -0.4 is 0 Å². The molecule has 0 aliphatic carbocycles. The first-order chi connectivity index (χ1) is 8.69. The topological polar surface area (TPSA) is 12.9 Å². The quantitative estimate of drug-likeness (QED) is 0.656. The molecule has 0 bridgehead atoms. The number of nitrogens with zero attached hydrogens (tertiary/aromatic N) is 1. The van der Waals surface area contributed by atoms with Crippen LogP contribution in [0.1, 0.15) is 15.4 Å². The van der Waals surface area contributed by atoms with Gasteiger partial charge in [-0.25, -0.2) is 4.98 Å². The van der Waals surface area contributed by atoms with E-state index in [4.69, 9.17) is 0 Å². The van der Waals surface area contributed by atoms with Crippen molar-refractivity contribution in [3.63, 3.8) is 0 Å². The molecule has 1 atom stereocenters. The highest BCUT2D eigenvalue weighted by atomic mass is 79.9. The number of benzene rings is 1. The van der Waals surface area contributed by atoms with Crippen LogP contribution in [0, 0.1) is 12.8 Å². The van der Waals surface area contributed by atoms with E-state index in [1.54, 1.807) is 11.3 Å². The van der Waals surface area contributed by atoms with Crippen LogP contribution in [0.3, 0.4) is 0 Å². The molecule has 1 aromatic heterocycles. The monoisotopic (exact) mass is 387 g/mol. The lowest BCUT2D eigenvalue weighted by molar-refractivity contribution is 0.594. The van der Waals surface area contributed by atoms with Gasteiger partial charge in [0.25, 0.3) is 0 Å². The van der Waals surface area contributed by atoms with E-state index in [1.807, 2.05) is 6.20 Å². The Labute approximate surface area is 129 Å². The largest absolute Gasteiger partial charge is 0.250 e. The fraction of sp³-hybridized carbons (Fsp3) is 0.357. The van der Waals surface area contributed by atoms with Crippen LogP contribution in [-0.2, 0) is 12.8 Å². The molecule has 0 saturated heterocycles. The average molecular weight is 389 g/mol. The van der Waals surface area contributed by atoms with Gasteiger partial charge >= 0.3 is 0 Å². The Morgan fingerprint density at radius 2 is 2.06 bits per heavy atom. The zero-order chi connectivity index (χ0) is 13.0. The van der Waals surface area contributed by atoms with Crippen molar-refractivity contribution < 1.29 is 0 Å². The molecule has 1 aromatic carbocycles. The summed E-state index contributed by atoms with van der Waals surface area (Å²) in [4.78, 5) is 5.70. The smallest absolute Gasteiger partial charge is 0.0896 e. The van der Waals surface area contributed by atoms with Gasteiger partial charge in [0.2, 0.25) is 0 Å². The van der Waals surface area contributed by atoms with Gasteiger partial charge in [0.15, 0.2) is 0 Å². The summed E-state index contributed by atoms with van der Waals surface area (Å²) in [5, 5.41) is 2.17. The Kier molecular flexibility index (Phi) is 5.39. The van der Waals surface area contributed by atoms with Gasteiger partial charge in [-0.15, -0.1) is 11.3 Å². The molecule has 0 spiro atoms. The number of aromatic nitrogens is 1. The summed E-state index contributed by atoms with van der Waals surface area (Å²) >= 11 is 9.05. The highest BCUT2D eigenvalue weighted by Crippen LogP contribution is 2.24. The second kappa shape index (κ2) is 6.83. The molecule has 0 fully saturated rings. The van der Waals surface area contributed by atoms with Crippen molar-refractivity contribution in [3.8, 4) is 0 Å². The highest BCUT2D eigenvalue weighted by Gasteiger charge is 2.12. The molecule has 4 heteroatoms. The molecule has 2 rings (SSSR count). The number of hydrogen-bond acceptors (Lipinski definition) is 2. The van der Waals surface area contributed by atoms with Crippen LogP contribution in [-0.4, -0.2) is 10.3 Å². The predicted octanol–water partition coefficient (Wildman–Crippen LogP) is 5.01. The van der Waals surface area contributed by atoms with E-state index in [9.17, 15) is 0 Å². The SMILES string of the molecule is Cc1ncc(CC(CBr)Cc2ccccc2Br)s1. The zero-order valence-electron chi connectivity index (χ0n) is 10.2. The summed E-state index contributed by atoms with van der Waals surface area (Å²) < 4.78 is 1.21. The van der Waals surface area contributed by atoms with Crippen LogP contribution in [0.4, 0.5) is 0 Å². The number of aryl methyl sites for hydroxylation is 1. The Hall–Kier alpha value is -0.190. The van der Waals surface area contributed by atoms with Crippen molar-refractivity contribution in [2.75, 3.05) is 5.33 Å². The molecule has 0 amide bonds. The molecule has 1 unspecified atom stereocenters. The lowest BCUT2D eigenvalue weighted by atomic mass is 9.98. The number of rotatable bonds is 5. The molecule has 0 N–H and O–H groups in total. The third-order valence-electron chi connectivity index (χ3n) is 2.84. The van der Waals surface area contributed by atoms with E-state index < -0.39 is 0 Å². The minimum Gasteiger partial charge on any atom is -0.250 e. The molecule has 96 valence electrons. The Morgan fingerprint density at radius 1 is 1.28 bits per heavy atom. The van der Waals surface area contributed by atoms with Crippen molar-refractivity contribution in [1.29, 1.82) is 0 Å². The molecule has 1 heterocycles. The lowest BCUT2D eigenvalue weighted by Crippen LogP contribution is -2.09. The van der Waals surface area contributed by atoms with Crippen LogP contribution in [0.15, 0.2) is 34.9 Å². The van der Waals surface area contributed by atoms with Crippen molar-refractivity contribution >= 4 is 43.2 Å². The van der Waals surface area contributed by atoms with Gasteiger partial charge in [0.1, 0.15) is 0 Å². The first kappa shape index (κ1) is 14.2. The number of hydrogen-bond donors (Lipinski definition) is 0. The van der Waals surface area contributed by atoms with E-state index in [0.29, 0.717) is 5.92 Å². The number of alkyl halides is 1. The molecule has 0 aliphatic heterocycles. The van der Waals surface area contributed by atoms with Gasteiger partial charge in [-0.05, 0) is 37.3 Å². The molecular weight excluding hydrogens is 374 g/mol. The van der Waals surface area contributed by atoms with Gasteiger partial charge in [-0.3, -0.25) is 0 Å². The summed E-state index contributed by atoms with van der Waals surface area (Å²) in [6.07, 6.45) is 4.19. The molecule has 2 aromatic rings. The predicted molar refractivity (Wildman–Crippen MR) is 85.7 cm³/mol. The van der Waals surface area contributed by atoms with Crippen molar-refractivity contribution in [3.05, 3.63) is 50.4 Å². The third-order valence-corrected chi connectivity index (χ3v) is 5.47. The Bertz CT molecular complexity index is 510. The van der Waals surface area contributed by atoms with E-state index in [0.717, 1.165) is 23.2 Å². The van der Waals surface area contributed by atoms with Crippen molar-refractivity contribution in [2.45, 2.75) is 19.8 Å². The van der Waals surface area contributed by atoms with Crippen LogP contribution in [0.5, 0.6) is 0 Å². The third kappa shape index (κ3) is 3.90. The number of halogens is 2. The van der Waals surface area contributed by atoms with Crippen molar-refractivity contribution in [2.24, 2.45) is 5.92 Å². The number of thiazole rings is 1. The van der Waals surface area contributed by atoms with E-state index in [2.05, 4.69) is 68.0 Å². The summed E-state index contributed by atoms with van der Waals surface area (Å²) in [5.74, 6) is 0.614. The summed E-state index contributed by atoms with van der Waals surface area (Å²) in [6, 6.07) is 8.46. The second-order valence-electron chi connectivity index (χ2n) is 4.37. The molecule has 1 nitrogen and oxygen atoms in total. The average Bonchev–Trinajstić information content (AvgIpc) is 2.76. The van der Waals surface area contributed by atoms with Crippen molar-refractivity contribution in [1.82, 2.24) is 4.98 Å². The standard InChI is InChI=1S/C14H15Br2NS/c1-10-17-9-13(18-10)7-11(8-15)6-12-4-2-3-5-14(12)16/h2-5,9,11H,6-8H2,1H3. The maximum absolute atomic E-state index is 4.32. The fourth-order valence-electron chi connectivity index (χ4n) is 1.94. The van der Waals surface area contributed by atoms with Gasteiger partial charge in [0.05, 0.1) is 5.01 Å². The minimum absolute atomic E-state index is 0.614. The minimum atomic E-state index is 0.614. The van der Waals surface area contributed by atoms with Gasteiger partial charge in [-0.1, -0.05) is 50.1 Å². The van der Waals surface area contributed by atoms with Crippen LogP contribution >= 0.6 is 43.2 Å². The zero-order valence-corrected chi connectivity index (χ0v) is 14.2. The van der Waals surface area contributed by atoms with E-state index in [1.165, 1.54) is 14.9 Å². The lowest BCUT2D eigenvalue weighted by Gasteiger charge is -2.13. The summed E-state index contributed by atoms with van der Waals surface area (Å²) in [7, 11) is 0. The Morgan fingerprint density at radius 3 is 2.67 bits per heavy atom. The normalized spacial score (nSPS) is 12.6. The van der Waals surface area contributed by atoms with Crippen LogP contribution in [0.2, 0.25) is 0 Å². The fourth-order valence-corrected chi connectivity index (χ4v) is 3.75. The first-order valence-electron chi connectivity index (χ1n) is 5.89. The van der Waals surface area contributed by atoms with Gasteiger partial charge in [0, 0.05) is 20.9 Å². The van der Waals surface area contributed by atoms with E-state index in [-0.39, 0.29) is 0 Å². The first-order valence-corrected chi connectivity index (χ1v) is 8.63. The summed E-state index contributed by atoms with van der Waals surface area (Å²) in [6.45, 7) is 2.06. The molecule has 0 saturated carbocycles. The molecule has 0 aliphatic rings. The maximum atomic E-state index is 4.32. The molecular formula is C14H15Br2NS. The van der Waals surface area contributed by atoms with Gasteiger partial charge in [-0.2, -0.15) is 0 Å². The van der Waals surface area contributed by atoms with Gasteiger partial charge < -0.3 is 0 Å². The van der Waals surface area contributed by atoms with E-state index >= 15 is 0 Å². The second-order valence-corrected chi connectivity index (χ2v) is 7.19. The summed E-state index contributed by atoms with van der Waals surface area (Å²) in [5.41, 5.74) is 1.38. The molecule has 18 heavy (non-hydrogen) atoms.